The van der Waals surface area contributed by atoms with Crippen molar-refractivity contribution >= 4 is 11.8 Å². The Hall–Kier alpha value is -2.82. The van der Waals surface area contributed by atoms with Crippen LogP contribution in [-0.2, 0) is 0 Å². The summed E-state index contributed by atoms with van der Waals surface area (Å²) in [5, 5.41) is 9.69. The Morgan fingerprint density at radius 2 is 1.63 bits per heavy atom. The van der Waals surface area contributed by atoms with E-state index in [4.69, 9.17) is 0 Å². The van der Waals surface area contributed by atoms with Gasteiger partial charge in [-0.1, -0.05) is 17.7 Å². The van der Waals surface area contributed by atoms with Gasteiger partial charge in [0.2, 0.25) is 0 Å². The van der Waals surface area contributed by atoms with E-state index < -0.39 is 0 Å². The lowest BCUT2D eigenvalue weighted by Gasteiger charge is -2.33. The third-order valence-corrected chi connectivity index (χ3v) is 5.70. The highest BCUT2D eigenvalue weighted by Crippen LogP contribution is 2.32. The number of piperidine rings is 1. The zero-order chi connectivity index (χ0) is 19.1. The van der Waals surface area contributed by atoms with Gasteiger partial charge in [0.25, 0.3) is 11.8 Å². The standard InChI is InChI=1S/C22H24N2O3/c1-14-3-5-17(6-4-14)21(26)23-11-16-10-19(13-23)24(12-16)22(27)18-7-8-20(25)15(2)9-18/h3-9,16,19,25H,10-13H2,1-2H3. The van der Waals surface area contributed by atoms with E-state index in [9.17, 15) is 14.7 Å². The van der Waals surface area contributed by atoms with Gasteiger partial charge in [0.05, 0.1) is 6.04 Å². The predicted molar refractivity (Wildman–Crippen MR) is 103 cm³/mol. The molecule has 2 bridgehead atoms. The Kier molecular flexibility index (Phi) is 4.38. The zero-order valence-corrected chi connectivity index (χ0v) is 15.7. The van der Waals surface area contributed by atoms with Crippen molar-refractivity contribution in [2.45, 2.75) is 26.3 Å². The maximum absolute atomic E-state index is 13.0. The van der Waals surface area contributed by atoms with E-state index in [-0.39, 0.29) is 23.6 Å². The van der Waals surface area contributed by atoms with Crippen LogP contribution in [0.15, 0.2) is 42.5 Å². The highest BCUT2D eigenvalue weighted by atomic mass is 16.3. The number of likely N-dealkylation sites (tertiary alicyclic amines) is 2. The number of carbonyl (C=O) groups is 2. The number of hydrogen-bond acceptors (Lipinski definition) is 3. The Morgan fingerprint density at radius 1 is 0.926 bits per heavy atom. The van der Waals surface area contributed by atoms with E-state index in [1.54, 1.807) is 25.1 Å². The summed E-state index contributed by atoms with van der Waals surface area (Å²) in [5.74, 6) is 0.539. The summed E-state index contributed by atoms with van der Waals surface area (Å²) in [6.07, 6.45) is 0.945. The number of carbonyl (C=O) groups excluding carboxylic acids is 2. The number of phenols is 1. The molecule has 2 aliphatic rings. The number of phenolic OH excluding ortho intramolecular Hbond substituents is 1. The summed E-state index contributed by atoms with van der Waals surface area (Å²) in [5.41, 5.74) is 3.12. The molecule has 2 unspecified atom stereocenters. The van der Waals surface area contributed by atoms with E-state index in [1.807, 2.05) is 41.0 Å². The molecular weight excluding hydrogens is 340 g/mol. The molecule has 2 aromatic carbocycles. The molecule has 0 aliphatic carbocycles. The van der Waals surface area contributed by atoms with E-state index >= 15 is 0 Å². The lowest BCUT2D eigenvalue weighted by molar-refractivity contribution is 0.0618. The molecule has 2 heterocycles. The van der Waals surface area contributed by atoms with E-state index in [0.717, 1.165) is 12.0 Å². The van der Waals surface area contributed by atoms with Crippen LogP contribution in [0.3, 0.4) is 0 Å². The number of benzene rings is 2. The second kappa shape index (κ2) is 6.72. The van der Waals surface area contributed by atoms with Crippen molar-refractivity contribution in [1.29, 1.82) is 0 Å². The minimum atomic E-state index is -0.0183. The first kappa shape index (κ1) is 17.6. The Balaban J connectivity index is 1.50. The molecule has 1 N–H and O–H groups in total. The summed E-state index contributed by atoms with van der Waals surface area (Å²) in [7, 11) is 0. The lowest BCUT2D eigenvalue weighted by atomic mass is 9.99. The van der Waals surface area contributed by atoms with Crippen LogP contribution >= 0.6 is 0 Å². The van der Waals surface area contributed by atoms with Crippen LogP contribution in [0.5, 0.6) is 5.75 Å². The largest absolute Gasteiger partial charge is 0.508 e. The zero-order valence-electron chi connectivity index (χ0n) is 15.7. The van der Waals surface area contributed by atoms with Crippen molar-refractivity contribution in [2.75, 3.05) is 19.6 Å². The van der Waals surface area contributed by atoms with Crippen molar-refractivity contribution in [3.63, 3.8) is 0 Å². The molecule has 2 fully saturated rings. The van der Waals surface area contributed by atoms with Gasteiger partial charge in [-0.2, -0.15) is 0 Å². The van der Waals surface area contributed by atoms with Crippen LogP contribution in [-0.4, -0.2) is 52.4 Å². The number of hydrogen-bond donors (Lipinski definition) is 1. The van der Waals surface area contributed by atoms with Crippen LogP contribution in [0.4, 0.5) is 0 Å². The lowest BCUT2D eigenvalue weighted by Crippen LogP contribution is -2.46. The monoisotopic (exact) mass is 364 g/mol. The number of nitrogens with zero attached hydrogens (tertiary/aromatic N) is 2. The first-order chi connectivity index (χ1) is 12.9. The predicted octanol–water partition coefficient (Wildman–Crippen LogP) is 3.00. The Labute approximate surface area is 159 Å². The molecule has 2 atom stereocenters. The van der Waals surface area contributed by atoms with E-state index in [1.165, 1.54) is 0 Å². The number of aromatic hydroxyl groups is 1. The molecule has 0 saturated carbocycles. The quantitative estimate of drug-likeness (QED) is 0.891. The van der Waals surface area contributed by atoms with Gasteiger partial charge < -0.3 is 14.9 Å². The van der Waals surface area contributed by atoms with Crippen LogP contribution in [0, 0.1) is 19.8 Å². The number of rotatable bonds is 2. The highest BCUT2D eigenvalue weighted by molar-refractivity contribution is 5.96. The van der Waals surface area contributed by atoms with Gasteiger partial charge in [0.1, 0.15) is 5.75 Å². The smallest absolute Gasteiger partial charge is 0.254 e. The fraction of sp³-hybridized carbons (Fsp3) is 0.364. The van der Waals surface area contributed by atoms with Crippen LogP contribution in [0.25, 0.3) is 0 Å². The van der Waals surface area contributed by atoms with Crippen LogP contribution in [0.2, 0.25) is 0 Å². The molecule has 2 amide bonds. The SMILES string of the molecule is Cc1ccc(C(=O)N2CC3CC(C2)N(C(=O)c2ccc(O)c(C)c2)C3)cc1. The third-order valence-electron chi connectivity index (χ3n) is 5.70. The molecule has 2 aliphatic heterocycles. The van der Waals surface area contributed by atoms with Gasteiger partial charge in [0, 0.05) is 30.8 Å². The fourth-order valence-corrected chi connectivity index (χ4v) is 4.21. The molecule has 0 radical (unpaired) electrons. The minimum absolute atomic E-state index is 0.0183. The molecule has 0 aromatic heterocycles. The summed E-state index contributed by atoms with van der Waals surface area (Å²) in [6, 6.07) is 12.7. The first-order valence-corrected chi connectivity index (χ1v) is 9.39. The molecule has 2 saturated heterocycles. The van der Waals surface area contributed by atoms with Gasteiger partial charge in [0.15, 0.2) is 0 Å². The second-order valence-electron chi connectivity index (χ2n) is 7.79. The third kappa shape index (κ3) is 3.29. The summed E-state index contributed by atoms with van der Waals surface area (Å²) >= 11 is 0. The van der Waals surface area contributed by atoms with Gasteiger partial charge in [-0.25, -0.2) is 0 Å². The number of fused-ring (bicyclic) bond motifs is 2. The summed E-state index contributed by atoms with van der Waals surface area (Å²) in [6.45, 7) is 5.75. The Morgan fingerprint density at radius 3 is 2.33 bits per heavy atom. The van der Waals surface area contributed by atoms with E-state index in [2.05, 4.69) is 0 Å². The number of aryl methyl sites for hydroxylation is 2. The van der Waals surface area contributed by atoms with Crippen LogP contribution < -0.4 is 0 Å². The maximum atomic E-state index is 13.0. The van der Waals surface area contributed by atoms with Crippen molar-refractivity contribution in [3.05, 3.63) is 64.7 Å². The molecular formula is C22H24N2O3. The van der Waals surface area contributed by atoms with E-state index in [0.29, 0.717) is 42.2 Å². The Bertz CT molecular complexity index is 891. The number of amides is 2. The molecule has 2 aromatic rings. The molecule has 140 valence electrons. The average molecular weight is 364 g/mol. The molecule has 27 heavy (non-hydrogen) atoms. The maximum Gasteiger partial charge on any atom is 0.254 e. The van der Waals surface area contributed by atoms with Crippen molar-refractivity contribution < 1.29 is 14.7 Å². The van der Waals surface area contributed by atoms with Gasteiger partial charge >= 0.3 is 0 Å². The van der Waals surface area contributed by atoms with Gasteiger partial charge in [-0.3, -0.25) is 9.59 Å². The molecule has 0 spiro atoms. The summed E-state index contributed by atoms with van der Waals surface area (Å²) < 4.78 is 0. The normalized spacial score (nSPS) is 21.4. The average Bonchev–Trinajstić information content (AvgIpc) is 2.97. The van der Waals surface area contributed by atoms with Gasteiger partial charge in [-0.05, 0) is 62.1 Å². The highest BCUT2D eigenvalue weighted by Gasteiger charge is 2.42. The fourth-order valence-electron chi connectivity index (χ4n) is 4.21. The molecule has 5 heteroatoms. The second-order valence-corrected chi connectivity index (χ2v) is 7.79. The van der Waals surface area contributed by atoms with Crippen molar-refractivity contribution in [3.8, 4) is 5.75 Å². The molecule has 4 rings (SSSR count). The van der Waals surface area contributed by atoms with Gasteiger partial charge in [-0.15, -0.1) is 0 Å². The van der Waals surface area contributed by atoms with Crippen molar-refractivity contribution in [2.24, 2.45) is 5.92 Å². The minimum Gasteiger partial charge on any atom is -0.508 e. The summed E-state index contributed by atoms with van der Waals surface area (Å²) in [4.78, 5) is 29.6. The van der Waals surface area contributed by atoms with Crippen LogP contribution in [0.1, 0.15) is 38.3 Å². The first-order valence-electron chi connectivity index (χ1n) is 9.39. The topological polar surface area (TPSA) is 60.9 Å². The van der Waals surface area contributed by atoms with Crippen molar-refractivity contribution in [1.82, 2.24) is 9.80 Å². The molecule has 5 nitrogen and oxygen atoms in total.